The molecule has 1 aromatic heterocycles. The highest BCUT2D eigenvalue weighted by Gasteiger charge is 2.22. The van der Waals surface area contributed by atoms with E-state index in [0.717, 1.165) is 24.3 Å². The van der Waals surface area contributed by atoms with Crippen LogP contribution in [-0.2, 0) is 0 Å². The number of rotatable bonds is 5. The van der Waals surface area contributed by atoms with Gasteiger partial charge in [0.2, 0.25) is 0 Å². The average molecular weight is 347 g/mol. The Labute approximate surface area is 147 Å². The lowest BCUT2D eigenvalue weighted by molar-refractivity contribution is 0.0949. The zero-order chi connectivity index (χ0) is 17.1. The number of nitrogens with zero attached hydrogens (tertiary/aromatic N) is 2. The van der Waals surface area contributed by atoms with Crippen molar-refractivity contribution in [3.8, 4) is 5.69 Å². The summed E-state index contributed by atoms with van der Waals surface area (Å²) in [5.41, 5.74) is 2.39. The third-order valence-corrected chi connectivity index (χ3v) is 4.56. The summed E-state index contributed by atoms with van der Waals surface area (Å²) in [6, 6.07) is 7.87. The highest BCUT2D eigenvalue weighted by atomic mass is 35.5. The second-order valence-corrected chi connectivity index (χ2v) is 6.93. The highest BCUT2D eigenvalue weighted by molar-refractivity contribution is 6.30. The predicted octanol–water partition coefficient (Wildman–Crippen LogP) is 3.13. The summed E-state index contributed by atoms with van der Waals surface area (Å²) in [4.78, 5) is 12.6. The fourth-order valence-electron chi connectivity index (χ4n) is 3.14. The Bertz CT molecular complexity index is 720. The van der Waals surface area contributed by atoms with Crippen LogP contribution >= 0.6 is 11.6 Å². The van der Waals surface area contributed by atoms with Crippen LogP contribution < -0.4 is 10.6 Å². The van der Waals surface area contributed by atoms with Gasteiger partial charge in [0.15, 0.2) is 0 Å². The van der Waals surface area contributed by atoms with Crippen molar-refractivity contribution in [2.24, 2.45) is 0 Å². The normalized spacial score (nSPS) is 17.4. The third-order valence-electron chi connectivity index (χ3n) is 4.32. The van der Waals surface area contributed by atoms with Gasteiger partial charge in [-0.25, -0.2) is 4.68 Å². The molecule has 1 aliphatic heterocycles. The minimum absolute atomic E-state index is 0.0688. The predicted molar refractivity (Wildman–Crippen MR) is 96.0 cm³/mol. The number of hydrogen-bond acceptors (Lipinski definition) is 3. The van der Waals surface area contributed by atoms with Gasteiger partial charge in [0, 0.05) is 17.6 Å². The van der Waals surface area contributed by atoms with E-state index in [1.165, 1.54) is 6.42 Å². The summed E-state index contributed by atoms with van der Waals surface area (Å²) in [7, 11) is 0. The van der Waals surface area contributed by atoms with Crippen molar-refractivity contribution in [1.29, 1.82) is 0 Å². The molecular weight excluding hydrogens is 324 g/mol. The Balaban J connectivity index is 1.84. The van der Waals surface area contributed by atoms with Gasteiger partial charge in [0.25, 0.3) is 5.91 Å². The van der Waals surface area contributed by atoms with Crippen molar-refractivity contribution in [1.82, 2.24) is 20.4 Å². The molecule has 3 rings (SSSR count). The van der Waals surface area contributed by atoms with Crippen LogP contribution in [0, 0.1) is 0 Å². The van der Waals surface area contributed by atoms with Crippen LogP contribution in [0.1, 0.15) is 48.7 Å². The molecule has 1 unspecified atom stereocenters. The van der Waals surface area contributed by atoms with Crippen molar-refractivity contribution in [2.75, 3.05) is 13.1 Å². The van der Waals surface area contributed by atoms with E-state index in [0.29, 0.717) is 23.2 Å². The van der Waals surface area contributed by atoms with Crippen LogP contribution in [0.2, 0.25) is 5.02 Å². The van der Waals surface area contributed by atoms with Crippen LogP contribution in [0.5, 0.6) is 0 Å². The number of benzene rings is 1. The Hall–Kier alpha value is -1.85. The first-order chi connectivity index (χ1) is 11.6. The second-order valence-electron chi connectivity index (χ2n) is 6.49. The van der Waals surface area contributed by atoms with Gasteiger partial charge >= 0.3 is 0 Å². The van der Waals surface area contributed by atoms with Crippen molar-refractivity contribution in [3.05, 3.63) is 46.7 Å². The van der Waals surface area contributed by atoms with Crippen LogP contribution in [0.25, 0.3) is 5.69 Å². The molecule has 0 aliphatic carbocycles. The SMILES string of the molecule is CC(C)c1c(C(=O)NCC2CCCN2)cnn1-c1cccc(Cl)c1. The molecule has 1 amide bonds. The summed E-state index contributed by atoms with van der Waals surface area (Å²) < 4.78 is 1.80. The molecule has 5 nitrogen and oxygen atoms in total. The van der Waals surface area contributed by atoms with Crippen LogP contribution in [0.15, 0.2) is 30.5 Å². The molecule has 0 saturated carbocycles. The zero-order valence-corrected chi connectivity index (χ0v) is 14.8. The lowest BCUT2D eigenvalue weighted by Crippen LogP contribution is -2.37. The first-order valence-electron chi connectivity index (χ1n) is 8.41. The minimum Gasteiger partial charge on any atom is -0.350 e. The topological polar surface area (TPSA) is 59.0 Å². The molecule has 24 heavy (non-hydrogen) atoms. The monoisotopic (exact) mass is 346 g/mol. The Morgan fingerprint density at radius 3 is 3.00 bits per heavy atom. The van der Waals surface area contributed by atoms with E-state index in [4.69, 9.17) is 11.6 Å². The molecule has 2 N–H and O–H groups in total. The van der Waals surface area contributed by atoms with Gasteiger partial charge in [0.05, 0.1) is 23.1 Å². The first kappa shape index (κ1) is 17.0. The van der Waals surface area contributed by atoms with Gasteiger partial charge < -0.3 is 10.6 Å². The molecule has 1 atom stereocenters. The van der Waals surface area contributed by atoms with Crippen molar-refractivity contribution >= 4 is 17.5 Å². The Kier molecular flexibility index (Phi) is 5.21. The van der Waals surface area contributed by atoms with Crippen LogP contribution in [-0.4, -0.2) is 34.8 Å². The maximum Gasteiger partial charge on any atom is 0.254 e. The number of amides is 1. The van der Waals surface area contributed by atoms with Crippen molar-refractivity contribution in [3.63, 3.8) is 0 Å². The second kappa shape index (κ2) is 7.36. The van der Waals surface area contributed by atoms with Gasteiger partial charge in [-0.05, 0) is 43.5 Å². The lowest BCUT2D eigenvalue weighted by atomic mass is 10.0. The van der Waals surface area contributed by atoms with Crippen molar-refractivity contribution in [2.45, 2.75) is 38.6 Å². The van der Waals surface area contributed by atoms with Gasteiger partial charge in [-0.3, -0.25) is 4.79 Å². The van der Waals surface area contributed by atoms with Crippen LogP contribution in [0.4, 0.5) is 0 Å². The molecule has 0 bridgehead atoms. The van der Waals surface area contributed by atoms with E-state index in [1.54, 1.807) is 10.9 Å². The standard InChI is InChI=1S/C18H23ClN4O/c1-12(2)17-16(18(24)21-10-14-6-4-8-20-14)11-22-23(17)15-7-3-5-13(19)9-15/h3,5,7,9,11-12,14,20H,4,6,8,10H2,1-2H3,(H,21,24). The van der Waals surface area contributed by atoms with Gasteiger partial charge in [-0.15, -0.1) is 0 Å². The summed E-state index contributed by atoms with van der Waals surface area (Å²) in [5, 5.41) is 11.5. The van der Waals surface area contributed by atoms with Gasteiger partial charge in [-0.1, -0.05) is 31.5 Å². The molecule has 1 aliphatic rings. The van der Waals surface area contributed by atoms with Crippen LogP contribution in [0.3, 0.4) is 0 Å². The largest absolute Gasteiger partial charge is 0.350 e. The van der Waals surface area contributed by atoms with Gasteiger partial charge in [-0.2, -0.15) is 5.10 Å². The van der Waals surface area contributed by atoms with E-state index in [2.05, 4.69) is 29.6 Å². The van der Waals surface area contributed by atoms with Gasteiger partial charge in [0.1, 0.15) is 0 Å². The number of carbonyl (C=O) groups is 1. The van der Waals surface area contributed by atoms with E-state index in [9.17, 15) is 4.79 Å². The summed E-state index contributed by atoms with van der Waals surface area (Å²) in [6.07, 6.45) is 3.93. The molecular formula is C18H23ClN4O. The molecule has 1 fully saturated rings. The maximum atomic E-state index is 12.6. The van der Waals surface area contributed by atoms with E-state index < -0.39 is 0 Å². The summed E-state index contributed by atoms with van der Waals surface area (Å²) >= 11 is 6.09. The smallest absolute Gasteiger partial charge is 0.254 e. The maximum absolute atomic E-state index is 12.6. The molecule has 0 radical (unpaired) electrons. The number of aromatic nitrogens is 2. The summed E-state index contributed by atoms with van der Waals surface area (Å²) in [6.45, 7) is 5.81. The lowest BCUT2D eigenvalue weighted by Gasteiger charge is -2.14. The fraction of sp³-hybridized carbons (Fsp3) is 0.444. The number of nitrogens with one attached hydrogen (secondary N) is 2. The number of carbonyl (C=O) groups excluding carboxylic acids is 1. The molecule has 128 valence electrons. The molecule has 1 saturated heterocycles. The minimum atomic E-state index is -0.0688. The fourth-order valence-corrected chi connectivity index (χ4v) is 3.33. The van der Waals surface area contributed by atoms with E-state index in [-0.39, 0.29) is 11.8 Å². The van der Waals surface area contributed by atoms with Crippen molar-refractivity contribution < 1.29 is 4.79 Å². The quantitative estimate of drug-likeness (QED) is 0.874. The van der Waals surface area contributed by atoms with E-state index in [1.807, 2.05) is 24.3 Å². The third kappa shape index (κ3) is 3.62. The molecule has 0 spiro atoms. The zero-order valence-electron chi connectivity index (χ0n) is 14.1. The molecule has 1 aromatic carbocycles. The Morgan fingerprint density at radius 2 is 2.33 bits per heavy atom. The van der Waals surface area contributed by atoms with E-state index >= 15 is 0 Å². The Morgan fingerprint density at radius 1 is 1.50 bits per heavy atom. The average Bonchev–Trinajstić information content (AvgIpc) is 3.22. The first-order valence-corrected chi connectivity index (χ1v) is 8.79. The molecule has 2 heterocycles. The molecule has 2 aromatic rings. The number of hydrogen-bond donors (Lipinski definition) is 2. The highest BCUT2D eigenvalue weighted by Crippen LogP contribution is 2.24. The summed E-state index contributed by atoms with van der Waals surface area (Å²) in [5.74, 6) is 0.0949. The molecule has 6 heteroatoms. The number of halogens is 1.